The Kier molecular flexibility index (Phi) is 7.16. The maximum atomic E-state index is 2.47. The van der Waals surface area contributed by atoms with Gasteiger partial charge < -0.3 is 4.90 Å². The fourth-order valence-electron chi connectivity index (χ4n) is 7.56. The predicted octanol–water partition coefficient (Wildman–Crippen LogP) is 12.3. The summed E-state index contributed by atoms with van der Waals surface area (Å²) < 4.78 is 0. The van der Waals surface area contributed by atoms with Crippen LogP contribution < -0.4 is 4.90 Å². The molecule has 0 amide bonds. The lowest BCUT2D eigenvalue weighted by Gasteiger charge is -2.44. The van der Waals surface area contributed by atoms with Crippen molar-refractivity contribution in [1.82, 2.24) is 0 Å². The molecule has 5 aromatic carbocycles. The van der Waals surface area contributed by atoms with E-state index in [2.05, 4.69) is 177 Å². The Hall–Kier alpha value is -4.10. The third kappa shape index (κ3) is 4.52. The second kappa shape index (κ2) is 10.5. The van der Waals surface area contributed by atoms with Gasteiger partial charge >= 0.3 is 0 Å². The summed E-state index contributed by atoms with van der Waals surface area (Å²) in [6.07, 6.45) is 0. The number of fused-ring (bicyclic) bond motifs is 1. The number of nitrogens with zero attached hydrogens (tertiary/aromatic N) is 1. The third-order valence-electron chi connectivity index (χ3n) is 11.5. The van der Waals surface area contributed by atoms with E-state index >= 15 is 0 Å². The van der Waals surface area contributed by atoms with Crippen LogP contribution in [0, 0.1) is 33.1 Å². The molecule has 0 aromatic heterocycles. The SMILES string of the molecule is Cc1ccccc1-c1ccc(N(c2ccc(-c3ccccc3C)c(C)c2)c2ccc3c(c2)C(C)(C)C(C)(C)C3(C)C)cc1C. The molecule has 0 saturated carbocycles. The van der Waals surface area contributed by atoms with E-state index in [1.807, 2.05) is 0 Å². The molecule has 1 nitrogen and oxygen atoms in total. The fourth-order valence-corrected chi connectivity index (χ4v) is 7.56. The maximum absolute atomic E-state index is 2.47. The Morgan fingerprint density at radius 1 is 0.386 bits per heavy atom. The van der Waals surface area contributed by atoms with Crippen molar-refractivity contribution in [3.63, 3.8) is 0 Å². The van der Waals surface area contributed by atoms with E-state index < -0.39 is 0 Å². The zero-order valence-corrected chi connectivity index (χ0v) is 28.3. The Labute approximate surface area is 265 Å². The third-order valence-corrected chi connectivity index (χ3v) is 11.5. The minimum Gasteiger partial charge on any atom is -0.310 e. The first-order valence-corrected chi connectivity index (χ1v) is 16.0. The summed E-state index contributed by atoms with van der Waals surface area (Å²) in [5, 5.41) is 0. The lowest BCUT2D eigenvalue weighted by Crippen LogP contribution is -2.42. The Morgan fingerprint density at radius 3 is 1.23 bits per heavy atom. The highest BCUT2D eigenvalue weighted by Gasteiger charge is 2.56. The second-order valence-electron chi connectivity index (χ2n) is 14.6. The van der Waals surface area contributed by atoms with Crippen LogP contribution in [0.5, 0.6) is 0 Å². The molecule has 1 heteroatoms. The molecule has 0 saturated heterocycles. The minimum atomic E-state index is 0.0305. The van der Waals surface area contributed by atoms with E-state index in [1.54, 1.807) is 0 Å². The Balaban J connectivity index is 1.54. The number of anilines is 3. The number of benzene rings is 5. The summed E-state index contributed by atoms with van der Waals surface area (Å²) in [4.78, 5) is 2.46. The van der Waals surface area contributed by atoms with Crippen LogP contribution in [0.2, 0.25) is 0 Å². The molecule has 0 unspecified atom stereocenters. The van der Waals surface area contributed by atoms with E-state index in [0.29, 0.717) is 0 Å². The average molecular weight is 578 g/mol. The highest BCUT2D eigenvalue weighted by molar-refractivity contribution is 5.83. The summed E-state index contributed by atoms with van der Waals surface area (Å²) in [6.45, 7) is 23.4. The van der Waals surface area contributed by atoms with Crippen molar-refractivity contribution in [2.24, 2.45) is 5.41 Å². The number of rotatable bonds is 5. The van der Waals surface area contributed by atoms with Crippen LogP contribution in [0.25, 0.3) is 22.3 Å². The lowest BCUT2D eigenvalue weighted by atomic mass is 9.59. The summed E-state index contributed by atoms with van der Waals surface area (Å²) in [5.74, 6) is 0. The molecule has 0 bridgehead atoms. The molecule has 0 N–H and O–H groups in total. The van der Waals surface area contributed by atoms with Gasteiger partial charge in [0.25, 0.3) is 0 Å². The smallest absolute Gasteiger partial charge is 0.0464 e. The van der Waals surface area contributed by atoms with E-state index in [0.717, 1.165) is 0 Å². The zero-order valence-electron chi connectivity index (χ0n) is 28.3. The van der Waals surface area contributed by atoms with Gasteiger partial charge in [-0.05, 0) is 136 Å². The number of hydrogen-bond donors (Lipinski definition) is 0. The van der Waals surface area contributed by atoms with Gasteiger partial charge in [-0.3, -0.25) is 0 Å². The van der Waals surface area contributed by atoms with Crippen molar-refractivity contribution < 1.29 is 0 Å². The maximum Gasteiger partial charge on any atom is 0.0464 e. The standard InChI is InChI=1S/C43H47N/c1-28-15-11-13-17-35(28)37-22-19-32(25-30(37)3)44(33-20-23-38(31(4)26-33)36-18-14-12-16-29(36)2)34-21-24-39-40(27-34)42(7,8)43(9,10)41(39,5)6/h11-27H,1-10H3. The largest absolute Gasteiger partial charge is 0.310 e. The normalized spacial score (nSPS) is 16.0. The molecular weight excluding hydrogens is 530 g/mol. The zero-order chi connectivity index (χ0) is 31.6. The molecular formula is C43H47N. The Bertz CT molecular complexity index is 1790. The van der Waals surface area contributed by atoms with Crippen molar-refractivity contribution in [2.45, 2.75) is 80.1 Å². The van der Waals surface area contributed by atoms with Crippen LogP contribution in [0.4, 0.5) is 17.1 Å². The van der Waals surface area contributed by atoms with Crippen molar-refractivity contribution >= 4 is 17.1 Å². The summed E-state index contributed by atoms with van der Waals surface area (Å²) >= 11 is 0. The summed E-state index contributed by atoms with van der Waals surface area (Å²) in [6, 6.07) is 38.5. The first-order valence-electron chi connectivity index (χ1n) is 16.0. The van der Waals surface area contributed by atoms with Gasteiger partial charge in [0.05, 0.1) is 0 Å². The van der Waals surface area contributed by atoms with Gasteiger partial charge in [0, 0.05) is 17.1 Å². The van der Waals surface area contributed by atoms with Crippen molar-refractivity contribution in [1.29, 1.82) is 0 Å². The summed E-state index contributed by atoms with van der Waals surface area (Å²) in [5.41, 5.74) is 17.0. The van der Waals surface area contributed by atoms with E-state index in [9.17, 15) is 0 Å². The monoisotopic (exact) mass is 577 g/mol. The van der Waals surface area contributed by atoms with Gasteiger partial charge in [-0.2, -0.15) is 0 Å². The van der Waals surface area contributed by atoms with Crippen molar-refractivity contribution in [3.05, 3.63) is 137 Å². The molecule has 0 atom stereocenters. The first kappa shape index (κ1) is 29.9. The Morgan fingerprint density at radius 2 is 0.773 bits per heavy atom. The van der Waals surface area contributed by atoms with Crippen LogP contribution in [-0.2, 0) is 10.8 Å². The highest BCUT2D eigenvalue weighted by atomic mass is 15.1. The van der Waals surface area contributed by atoms with Gasteiger partial charge in [0.1, 0.15) is 0 Å². The topological polar surface area (TPSA) is 3.24 Å². The number of aryl methyl sites for hydroxylation is 4. The molecule has 0 fully saturated rings. The minimum absolute atomic E-state index is 0.0305. The van der Waals surface area contributed by atoms with Crippen LogP contribution in [-0.4, -0.2) is 0 Å². The quantitative estimate of drug-likeness (QED) is 0.201. The van der Waals surface area contributed by atoms with Crippen LogP contribution in [0.3, 0.4) is 0 Å². The van der Waals surface area contributed by atoms with Crippen molar-refractivity contribution in [2.75, 3.05) is 4.90 Å². The number of hydrogen-bond acceptors (Lipinski definition) is 1. The second-order valence-corrected chi connectivity index (χ2v) is 14.6. The van der Waals surface area contributed by atoms with E-state index in [4.69, 9.17) is 0 Å². The molecule has 44 heavy (non-hydrogen) atoms. The van der Waals surface area contributed by atoms with Gasteiger partial charge in [-0.1, -0.05) is 108 Å². The predicted molar refractivity (Wildman–Crippen MR) is 191 cm³/mol. The van der Waals surface area contributed by atoms with Crippen LogP contribution >= 0.6 is 0 Å². The van der Waals surface area contributed by atoms with Gasteiger partial charge in [0.2, 0.25) is 0 Å². The van der Waals surface area contributed by atoms with Crippen molar-refractivity contribution in [3.8, 4) is 22.3 Å². The van der Waals surface area contributed by atoms with E-state index in [1.165, 1.54) is 72.7 Å². The van der Waals surface area contributed by atoms with Crippen LogP contribution in [0.15, 0.2) is 103 Å². The first-order chi connectivity index (χ1) is 20.8. The van der Waals surface area contributed by atoms with Crippen LogP contribution in [0.1, 0.15) is 74.9 Å². The molecule has 6 rings (SSSR count). The molecule has 5 aromatic rings. The molecule has 1 aliphatic rings. The molecule has 0 heterocycles. The van der Waals surface area contributed by atoms with Gasteiger partial charge in [-0.25, -0.2) is 0 Å². The van der Waals surface area contributed by atoms with Gasteiger partial charge in [-0.15, -0.1) is 0 Å². The molecule has 0 spiro atoms. The highest BCUT2D eigenvalue weighted by Crippen LogP contribution is 2.62. The molecule has 0 aliphatic heterocycles. The fraction of sp³-hybridized carbons (Fsp3) is 0.302. The van der Waals surface area contributed by atoms with E-state index in [-0.39, 0.29) is 16.2 Å². The lowest BCUT2D eigenvalue weighted by molar-refractivity contribution is 0.125. The van der Waals surface area contributed by atoms with Gasteiger partial charge in [0.15, 0.2) is 0 Å². The summed E-state index contributed by atoms with van der Waals surface area (Å²) in [7, 11) is 0. The molecule has 224 valence electrons. The molecule has 1 aliphatic carbocycles. The molecule has 0 radical (unpaired) electrons. The average Bonchev–Trinajstić information content (AvgIpc) is 3.08.